The van der Waals surface area contributed by atoms with Crippen LogP contribution in [0.1, 0.15) is 43.9 Å². The highest BCUT2D eigenvalue weighted by Gasteiger charge is 2.27. The molecule has 2 saturated heterocycles. The molecule has 0 amide bonds. The van der Waals surface area contributed by atoms with Crippen molar-refractivity contribution >= 4 is 11.0 Å². The molecule has 3 atom stereocenters. The first-order valence-electron chi connectivity index (χ1n) is 9.24. The van der Waals surface area contributed by atoms with Crippen LogP contribution in [-0.2, 0) is 11.3 Å². The van der Waals surface area contributed by atoms with Crippen LogP contribution in [0.15, 0.2) is 18.3 Å². The molecule has 2 aliphatic rings. The molecule has 0 saturated carbocycles. The van der Waals surface area contributed by atoms with E-state index in [1.165, 1.54) is 29.5 Å². The molecule has 0 aliphatic carbocycles. The Bertz CT molecular complexity index is 682. The Balaban J connectivity index is 1.67. The molecule has 5 heteroatoms. The van der Waals surface area contributed by atoms with E-state index in [0.29, 0.717) is 18.1 Å². The van der Waals surface area contributed by atoms with Gasteiger partial charge in [0.1, 0.15) is 5.65 Å². The van der Waals surface area contributed by atoms with E-state index >= 15 is 0 Å². The lowest BCUT2D eigenvalue weighted by molar-refractivity contribution is -0.0704. The van der Waals surface area contributed by atoms with Crippen molar-refractivity contribution < 1.29 is 4.74 Å². The molecule has 0 bridgehead atoms. The maximum Gasteiger partial charge on any atom is 0.137 e. The normalized spacial score (nSPS) is 29.2. The Morgan fingerprint density at radius 1 is 1.29 bits per heavy atom. The van der Waals surface area contributed by atoms with Gasteiger partial charge in [-0.2, -0.15) is 0 Å². The molecule has 5 nitrogen and oxygen atoms in total. The van der Waals surface area contributed by atoms with Crippen LogP contribution < -0.4 is 5.32 Å². The number of rotatable bonds is 3. The summed E-state index contributed by atoms with van der Waals surface area (Å²) in [5.41, 5.74) is 3.86. The van der Waals surface area contributed by atoms with Crippen molar-refractivity contribution in [1.29, 1.82) is 0 Å². The number of ether oxygens (including phenoxy) is 1. The smallest absolute Gasteiger partial charge is 0.137 e. The second-order valence-corrected chi connectivity index (χ2v) is 7.41. The van der Waals surface area contributed by atoms with Gasteiger partial charge < -0.3 is 15.0 Å². The van der Waals surface area contributed by atoms with E-state index in [2.05, 4.69) is 40.1 Å². The van der Waals surface area contributed by atoms with Gasteiger partial charge in [0, 0.05) is 49.4 Å². The largest absolute Gasteiger partial charge is 0.373 e. The highest BCUT2D eigenvalue weighted by molar-refractivity contribution is 5.81. The molecular weight excluding hydrogens is 300 g/mol. The molecule has 2 N–H and O–H groups in total. The zero-order valence-corrected chi connectivity index (χ0v) is 14.7. The van der Waals surface area contributed by atoms with Gasteiger partial charge in [-0.3, -0.25) is 4.90 Å². The summed E-state index contributed by atoms with van der Waals surface area (Å²) in [6.07, 6.45) is 4.99. The quantitative estimate of drug-likeness (QED) is 0.909. The van der Waals surface area contributed by atoms with Crippen LogP contribution in [0.2, 0.25) is 0 Å². The van der Waals surface area contributed by atoms with Crippen LogP contribution in [0, 0.1) is 0 Å². The van der Waals surface area contributed by atoms with Gasteiger partial charge in [0.15, 0.2) is 0 Å². The number of aromatic nitrogens is 2. The predicted molar refractivity (Wildman–Crippen MR) is 96.2 cm³/mol. The van der Waals surface area contributed by atoms with Crippen LogP contribution in [0.25, 0.3) is 11.0 Å². The number of morpholine rings is 1. The van der Waals surface area contributed by atoms with Gasteiger partial charge in [-0.05, 0) is 50.9 Å². The van der Waals surface area contributed by atoms with E-state index in [4.69, 9.17) is 4.74 Å². The van der Waals surface area contributed by atoms with Crippen molar-refractivity contribution in [2.24, 2.45) is 0 Å². The fourth-order valence-electron chi connectivity index (χ4n) is 4.35. The number of H-pyrrole nitrogens is 1. The summed E-state index contributed by atoms with van der Waals surface area (Å²) in [5, 5.41) is 4.83. The average Bonchev–Trinajstić information content (AvgIpc) is 2.94. The molecule has 0 spiro atoms. The summed E-state index contributed by atoms with van der Waals surface area (Å²) in [4.78, 5) is 10.7. The first kappa shape index (κ1) is 16.1. The lowest BCUT2D eigenvalue weighted by Crippen LogP contribution is -2.45. The summed E-state index contributed by atoms with van der Waals surface area (Å²) < 4.78 is 5.90. The Morgan fingerprint density at radius 3 is 2.88 bits per heavy atom. The maximum absolute atomic E-state index is 5.90. The Labute approximate surface area is 143 Å². The Kier molecular flexibility index (Phi) is 4.57. The first-order valence-corrected chi connectivity index (χ1v) is 9.24. The molecule has 2 aliphatic heterocycles. The van der Waals surface area contributed by atoms with E-state index in [-0.39, 0.29) is 0 Å². The molecule has 0 aromatic carbocycles. The van der Waals surface area contributed by atoms with Gasteiger partial charge in [0.05, 0.1) is 12.2 Å². The molecule has 2 aromatic heterocycles. The number of pyridine rings is 1. The van der Waals surface area contributed by atoms with Crippen molar-refractivity contribution in [3.05, 3.63) is 29.6 Å². The molecule has 0 radical (unpaired) electrons. The molecule has 24 heavy (non-hydrogen) atoms. The number of aromatic amines is 1. The molecule has 130 valence electrons. The minimum absolute atomic E-state index is 0.303. The molecule has 2 fully saturated rings. The fraction of sp³-hybridized carbons (Fsp3) is 0.632. The van der Waals surface area contributed by atoms with Crippen LogP contribution >= 0.6 is 0 Å². The van der Waals surface area contributed by atoms with E-state index in [9.17, 15) is 0 Å². The van der Waals surface area contributed by atoms with E-state index in [0.717, 1.165) is 38.4 Å². The summed E-state index contributed by atoms with van der Waals surface area (Å²) in [6.45, 7) is 9.53. The van der Waals surface area contributed by atoms with Gasteiger partial charge in [-0.1, -0.05) is 0 Å². The minimum atomic E-state index is 0.303. The Hall–Kier alpha value is -1.43. The fourth-order valence-corrected chi connectivity index (χ4v) is 4.35. The van der Waals surface area contributed by atoms with Gasteiger partial charge in [0.2, 0.25) is 0 Å². The van der Waals surface area contributed by atoms with Gasteiger partial charge in [-0.25, -0.2) is 4.98 Å². The van der Waals surface area contributed by atoms with Crippen LogP contribution in [-0.4, -0.2) is 53.3 Å². The highest BCUT2D eigenvalue weighted by atomic mass is 16.5. The molecule has 4 heterocycles. The van der Waals surface area contributed by atoms with E-state index in [1.807, 2.05) is 12.3 Å². The number of nitrogens with zero attached hydrogens (tertiary/aromatic N) is 2. The maximum atomic E-state index is 5.90. The molecule has 4 rings (SSSR count). The predicted octanol–water partition coefficient (Wildman–Crippen LogP) is 2.64. The third-order valence-corrected chi connectivity index (χ3v) is 5.29. The lowest BCUT2D eigenvalue weighted by atomic mass is 9.93. The number of hydrogen-bond donors (Lipinski definition) is 2. The summed E-state index contributed by atoms with van der Waals surface area (Å²) in [7, 11) is 0. The average molecular weight is 328 g/mol. The lowest BCUT2D eigenvalue weighted by Gasteiger charge is -2.35. The van der Waals surface area contributed by atoms with Crippen LogP contribution in [0.3, 0.4) is 0 Å². The SMILES string of the molecule is CC1CN(Cc2c(C3CCCNC3)[nH]c3ncccc23)CC(C)O1. The van der Waals surface area contributed by atoms with Crippen molar-refractivity contribution in [3.63, 3.8) is 0 Å². The summed E-state index contributed by atoms with van der Waals surface area (Å²) >= 11 is 0. The first-order chi connectivity index (χ1) is 11.7. The second-order valence-electron chi connectivity index (χ2n) is 7.41. The minimum Gasteiger partial charge on any atom is -0.373 e. The number of piperidine rings is 1. The monoisotopic (exact) mass is 328 g/mol. The standard InChI is InChI=1S/C19H28N4O/c1-13-10-23(11-14(2)24-13)12-17-16-6-4-8-21-19(16)22-18(17)15-5-3-7-20-9-15/h4,6,8,13-15,20H,3,5,7,9-12H2,1-2H3,(H,21,22). The number of hydrogen-bond acceptors (Lipinski definition) is 4. The van der Waals surface area contributed by atoms with Crippen molar-refractivity contribution in [3.8, 4) is 0 Å². The summed E-state index contributed by atoms with van der Waals surface area (Å²) in [6, 6.07) is 4.26. The molecular formula is C19H28N4O. The van der Waals surface area contributed by atoms with Gasteiger partial charge >= 0.3 is 0 Å². The second kappa shape index (κ2) is 6.82. The topological polar surface area (TPSA) is 53.2 Å². The zero-order chi connectivity index (χ0) is 16.5. The highest BCUT2D eigenvalue weighted by Crippen LogP contribution is 2.32. The zero-order valence-electron chi connectivity index (χ0n) is 14.7. The molecule has 2 aromatic rings. The van der Waals surface area contributed by atoms with Crippen molar-refractivity contribution in [2.75, 3.05) is 26.2 Å². The third kappa shape index (κ3) is 3.21. The van der Waals surface area contributed by atoms with Crippen LogP contribution in [0.4, 0.5) is 0 Å². The van der Waals surface area contributed by atoms with Gasteiger partial charge in [-0.15, -0.1) is 0 Å². The van der Waals surface area contributed by atoms with E-state index < -0.39 is 0 Å². The van der Waals surface area contributed by atoms with Crippen molar-refractivity contribution in [2.45, 2.75) is 51.4 Å². The molecule has 3 unspecified atom stereocenters. The van der Waals surface area contributed by atoms with E-state index in [1.54, 1.807) is 0 Å². The number of nitrogens with one attached hydrogen (secondary N) is 2. The van der Waals surface area contributed by atoms with Gasteiger partial charge in [0.25, 0.3) is 0 Å². The summed E-state index contributed by atoms with van der Waals surface area (Å²) in [5.74, 6) is 0.568. The number of fused-ring (bicyclic) bond motifs is 1. The van der Waals surface area contributed by atoms with Crippen molar-refractivity contribution in [1.82, 2.24) is 20.2 Å². The Morgan fingerprint density at radius 2 is 2.12 bits per heavy atom. The van der Waals surface area contributed by atoms with Crippen LogP contribution in [0.5, 0.6) is 0 Å². The third-order valence-electron chi connectivity index (χ3n) is 5.29.